The third kappa shape index (κ3) is 9.89. The summed E-state index contributed by atoms with van der Waals surface area (Å²) in [5.41, 5.74) is 0.634. The summed E-state index contributed by atoms with van der Waals surface area (Å²) >= 11 is 0. The van der Waals surface area contributed by atoms with E-state index in [-0.39, 0.29) is 0 Å². The fourth-order valence-corrected chi connectivity index (χ4v) is 2.69. The van der Waals surface area contributed by atoms with Gasteiger partial charge in [0.2, 0.25) is 0 Å². The first kappa shape index (κ1) is 28.5. The van der Waals surface area contributed by atoms with Gasteiger partial charge in [0, 0.05) is 13.8 Å². The first-order chi connectivity index (χ1) is 16.3. The lowest BCUT2D eigenvalue weighted by atomic mass is 9.98. The second-order valence-corrected chi connectivity index (χ2v) is 7.15. The van der Waals surface area contributed by atoms with Gasteiger partial charge >= 0.3 is 17.9 Å². The molecule has 0 unspecified atom stereocenters. The number of carbonyl (C=O) groups is 3. The van der Waals surface area contributed by atoms with Crippen LogP contribution in [0.3, 0.4) is 0 Å². The molecule has 14 heteroatoms. The van der Waals surface area contributed by atoms with Crippen molar-refractivity contribution >= 4 is 28.7 Å². The Kier molecular flexibility index (Phi) is 10.3. The number of ether oxygens (including phenoxy) is 3. The molecule has 0 radical (unpaired) electrons. The zero-order valence-corrected chi connectivity index (χ0v) is 19.5. The SMILES string of the molecule is CC(=O)OC(C)=O.COc1ccc2cc([C@H](C)C(=O)OCC(C)(O[N+](=O)[O-])O[N+](=O)[O-])ccc2c1. The highest BCUT2D eigenvalue weighted by atomic mass is 17.1. The van der Waals surface area contributed by atoms with Gasteiger partial charge in [-0.05, 0) is 42.3 Å². The lowest BCUT2D eigenvalue weighted by Gasteiger charge is -2.24. The average Bonchev–Trinajstić information content (AvgIpc) is 2.74. The molecule has 0 N–H and O–H groups in total. The maximum absolute atomic E-state index is 12.3. The summed E-state index contributed by atoms with van der Waals surface area (Å²) in [6.07, 6.45) is 0. The summed E-state index contributed by atoms with van der Waals surface area (Å²) in [6.45, 7) is 4.01. The molecule has 2 aromatic carbocycles. The summed E-state index contributed by atoms with van der Waals surface area (Å²) in [6, 6.07) is 10.8. The van der Waals surface area contributed by atoms with E-state index in [2.05, 4.69) is 14.4 Å². The largest absolute Gasteiger partial charge is 0.497 e. The van der Waals surface area contributed by atoms with Crippen LogP contribution in [0.4, 0.5) is 0 Å². The van der Waals surface area contributed by atoms with E-state index in [0.717, 1.165) is 17.7 Å². The maximum atomic E-state index is 12.3. The van der Waals surface area contributed by atoms with Gasteiger partial charge in [0.25, 0.3) is 16.0 Å². The molecule has 35 heavy (non-hydrogen) atoms. The van der Waals surface area contributed by atoms with Crippen molar-refractivity contribution in [3.8, 4) is 5.75 Å². The lowest BCUT2D eigenvalue weighted by molar-refractivity contribution is -0.871. The summed E-state index contributed by atoms with van der Waals surface area (Å²) in [4.78, 5) is 61.2. The van der Waals surface area contributed by atoms with Crippen molar-refractivity contribution in [2.24, 2.45) is 0 Å². The van der Waals surface area contributed by atoms with Crippen molar-refractivity contribution in [2.45, 2.75) is 39.4 Å². The third-order valence-corrected chi connectivity index (χ3v) is 4.22. The molecule has 0 aliphatic heterocycles. The van der Waals surface area contributed by atoms with Gasteiger partial charge in [-0.3, -0.25) is 24.1 Å². The van der Waals surface area contributed by atoms with E-state index < -0.39 is 46.4 Å². The molecule has 0 bridgehead atoms. The van der Waals surface area contributed by atoms with Gasteiger partial charge < -0.3 is 14.2 Å². The number of fused-ring (bicyclic) bond motifs is 1. The number of hydrogen-bond donors (Lipinski definition) is 0. The van der Waals surface area contributed by atoms with Crippen LogP contribution in [0, 0.1) is 20.2 Å². The van der Waals surface area contributed by atoms with Crippen LogP contribution in [-0.2, 0) is 33.5 Å². The van der Waals surface area contributed by atoms with Crippen LogP contribution in [0.25, 0.3) is 10.8 Å². The van der Waals surface area contributed by atoms with Crippen molar-refractivity contribution in [3.05, 3.63) is 62.2 Å². The molecule has 0 aliphatic carbocycles. The van der Waals surface area contributed by atoms with E-state index in [1.54, 1.807) is 32.2 Å². The lowest BCUT2D eigenvalue weighted by Crippen LogP contribution is -2.42. The van der Waals surface area contributed by atoms with Crippen molar-refractivity contribution in [1.29, 1.82) is 0 Å². The Morgan fingerprint density at radius 2 is 1.46 bits per heavy atom. The molecular weight excluding hydrogens is 472 g/mol. The smallest absolute Gasteiger partial charge is 0.313 e. The van der Waals surface area contributed by atoms with Gasteiger partial charge in [0.15, 0.2) is 0 Å². The molecule has 0 saturated heterocycles. The summed E-state index contributed by atoms with van der Waals surface area (Å²) in [5, 5.41) is 20.2. The minimum absolute atomic E-state index is 0.562. The minimum Gasteiger partial charge on any atom is -0.497 e. The van der Waals surface area contributed by atoms with Gasteiger partial charge in [-0.1, -0.05) is 24.3 Å². The van der Waals surface area contributed by atoms with E-state index in [1.807, 2.05) is 18.2 Å². The van der Waals surface area contributed by atoms with E-state index in [9.17, 15) is 34.6 Å². The maximum Gasteiger partial charge on any atom is 0.313 e. The van der Waals surface area contributed by atoms with Crippen molar-refractivity contribution in [3.63, 3.8) is 0 Å². The second kappa shape index (κ2) is 12.7. The molecule has 0 saturated carbocycles. The van der Waals surface area contributed by atoms with Crippen LogP contribution in [0.15, 0.2) is 36.4 Å². The van der Waals surface area contributed by atoms with Crippen LogP contribution >= 0.6 is 0 Å². The molecule has 0 aliphatic rings. The summed E-state index contributed by atoms with van der Waals surface area (Å²) in [5.74, 6) is -4.29. The van der Waals surface area contributed by atoms with Gasteiger partial charge in [0.1, 0.15) is 12.4 Å². The fourth-order valence-electron chi connectivity index (χ4n) is 2.69. The molecule has 0 amide bonds. The Morgan fingerprint density at radius 1 is 0.943 bits per heavy atom. The molecule has 14 nitrogen and oxygen atoms in total. The zero-order valence-electron chi connectivity index (χ0n) is 19.5. The molecular formula is C21H24N2O12. The number of hydrogen-bond acceptors (Lipinski definition) is 12. The Balaban J connectivity index is 0.000000762. The first-order valence-corrected chi connectivity index (χ1v) is 9.86. The van der Waals surface area contributed by atoms with Gasteiger partial charge in [-0.15, -0.1) is 20.2 Å². The Morgan fingerprint density at radius 3 is 1.91 bits per heavy atom. The Labute approximate surface area is 198 Å². The van der Waals surface area contributed by atoms with E-state index >= 15 is 0 Å². The summed E-state index contributed by atoms with van der Waals surface area (Å²) < 4.78 is 14.1. The van der Waals surface area contributed by atoms with E-state index in [4.69, 9.17) is 9.47 Å². The second-order valence-electron chi connectivity index (χ2n) is 7.15. The predicted molar refractivity (Wildman–Crippen MR) is 117 cm³/mol. The quantitative estimate of drug-likeness (QED) is 0.163. The number of carbonyl (C=O) groups excluding carboxylic acids is 3. The Bertz CT molecular complexity index is 1070. The van der Waals surface area contributed by atoms with E-state index in [1.165, 1.54) is 13.8 Å². The van der Waals surface area contributed by atoms with Crippen LogP contribution in [0.1, 0.15) is 39.2 Å². The predicted octanol–water partition coefficient (Wildman–Crippen LogP) is 2.72. The molecule has 1 atom stereocenters. The highest BCUT2D eigenvalue weighted by Crippen LogP contribution is 2.26. The monoisotopic (exact) mass is 496 g/mol. The first-order valence-electron chi connectivity index (χ1n) is 9.86. The molecule has 2 rings (SSSR count). The topological polar surface area (TPSA) is 184 Å². The normalized spacial score (nSPS) is 11.2. The fraction of sp³-hybridized carbons (Fsp3) is 0.381. The van der Waals surface area contributed by atoms with Crippen LogP contribution in [0.2, 0.25) is 0 Å². The molecule has 0 heterocycles. The molecule has 190 valence electrons. The summed E-state index contributed by atoms with van der Waals surface area (Å²) in [7, 11) is 1.56. The standard InChI is InChI=1S/C17H18N2O9.C4H6O3/c1-11(12-4-5-14-9-15(25-3)7-6-13(14)8-12)16(20)26-10-17(2,27-18(21)22)28-19(23)24;1-3(5)7-4(2)6/h4-9,11H,10H2,1-3H3;1-2H3/t11-;/m0./s1. The highest BCUT2D eigenvalue weighted by Gasteiger charge is 2.36. The number of methoxy groups -OCH3 is 1. The van der Waals surface area contributed by atoms with Crippen LogP contribution < -0.4 is 4.74 Å². The van der Waals surface area contributed by atoms with Crippen LogP contribution in [0.5, 0.6) is 5.75 Å². The van der Waals surface area contributed by atoms with Crippen LogP contribution in [-0.4, -0.2) is 47.6 Å². The molecule has 0 spiro atoms. The third-order valence-electron chi connectivity index (χ3n) is 4.22. The molecule has 0 fully saturated rings. The van der Waals surface area contributed by atoms with E-state index in [0.29, 0.717) is 11.3 Å². The number of nitrogens with zero attached hydrogens (tertiary/aromatic N) is 2. The van der Waals surface area contributed by atoms with Crippen molar-refractivity contribution < 1.29 is 48.4 Å². The Hall–Kier alpha value is -4.49. The number of rotatable bonds is 9. The highest BCUT2D eigenvalue weighted by molar-refractivity contribution is 5.86. The average molecular weight is 496 g/mol. The minimum atomic E-state index is -2.37. The molecule has 2 aromatic rings. The van der Waals surface area contributed by atoms with Gasteiger partial charge in [-0.25, -0.2) is 0 Å². The van der Waals surface area contributed by atoms with Crippen molar-refractivity contribution in [1.82, 2.24) is 0 Å². The van der Waals surface area contributed by atoms with Crippen molar-refractivity contribution in [2.75, 3.05) is 13.7 Å². The van der Waals surface area contributed by atoms with Gasteiger partial charge in [-0.2, -0.15) is 0 Å². The number of benzene rings is 2. The zero-order chi connectivity index (χ0) is 26.8. The van der Waals surface area contributed by atoms with Gasteiger partial charge in [0.05, 0.1) is 13.0 Å². The number of esters is 3. The molecule has 0 aromatic heterocycles.